The lowest BCUT2D eigenvalue weighted by molar-refractivity contribution is 0.231. The van der Waals surface area contributed by atoms with Crippen LogP contribution in [0.4, 0.5) is 4.79 Å². The normalized spacial score (nSPS) is 21.8. The summed E-state index contributed by atoms with van der Waals surface area (Å²) in [5.41, 5.74) is 6.62. The number of carbonyl (C=O) groups excluding carboxylic acids is 1. The van der Waals surface area contributed by atoms with Crippen molar-refractivity contribution in [1.29, 1.82) is 0 Å². The van der Waals surface area contributed by atoms with E-state index in [9.17, 15) is 4.79 Å². The number of hydrogen-bond acceptors (Lipinski definition) is 2. The van der Waals surface area contributed by atoms with E-state index in [-0.39, 0.29) is 6.03 Å². The van der Waals surface area contributed by atoms with Gasteiger partial charge in [0.2, 0.25) is 0 Å². The van der Waals surface area contributed by atoms with Gasteiger partial charge in [0, 0.05) is 18.1 Å². The topological polar surface area (TPSA) is 67.1 Å². The number of carbonyl (C=O) groups is 1. The van der Waals surface area contributed by atoms with Gasteiger partial charge in [-0.15, -0.1) is 0 Å². The molecule has 0 aromatic heterocycles. The Hall–Kier alpha value is -1.26. The molecule has 2 amide bonds. The lowest BCUT2D eigenvalue weighted by Gasteiger charge is -2.27. The molecule has 1 aliphatic rings. The van der Waals surface area contributed by atoms with Gasteiger partial charge < -0.3 is 16.4 Å². The second-order valence-corrected chi connectivity index (χ2v) is 6.18. The minimum Gasteiger partial charge on any atom is -0.338 e. The smallest absolute Gasteiger partial charge is 0.315 e. The molecule has 0 atom stereocenters. The van der Waals surface area contributed by atoms with Crippen LogP contribution >= 0.6 is 11.6 Å². The zero-order chi connectivity index (χ0) is 15.1. The number of urea groups is 1. The summed E-state index contributed by atoms with van der Waals surface area (Å²) in [4.78, 5) is 11.8. The Kier molecular flexibility index (Phi) is 6.33. The van der Waals surface area contributed by atoms with Gasteiger partial charge >= 0.3 is 6.03 Å². The lowest BCUT2D eigenvalue weighted by atomic mass is 9.82. The molecule has 0 saturated heterocycles. The molecule has 1 saturated carbocycles. The van der Waals surface area contributed by atoms with E-state index in [1.165, 1.54) is 12.8 Å². The van der Waals surface area contributed by atoms with Gasteiger partial charge in [-0.2, -0.15) is 0 Å². The molecular formula is C16H24ClN3O. The first-order chi connectivity index (χ1) is 10.2. The monoisotopic (exact) mass is 309 g/mol. The molecule has 1 aromatic carbocycles. The molecule has 116 valence electrons. The summed E-state index contributed by atoms with van der Waals surface area (Å²) in [7, 11) is 0. The second-order valence-electron chi connectivity index (χ2n) is 5.78. The Bertz CT molecular complexity index is 459. The van der Waals surface area contributed by atoms with Crippen LogP contribution in [-0.2, 0) is 6.54 Å². The molecular weight excluding hydrogens is 286 g/mol. The fourth-order valence-electron chi connectivity index (χ4n) is 2.79. The highest BCUT2D eigenvalue weighted by molar-refractivity contribution is 6.31. The molecule has 0 spiro atoms. The molecule has 0 radical (unpaired) electrons. The largest absolute Gasteiger partial charge is 0.338 e. The van der Waals surface area contributed by atoms with Gasteiger partial charge in [0.1, 0.15) is 0 Å². The molecule has 0 bridgehead atoms. The fraction of sp³-hybridized carbons (Fsp3) is 0.562. The molecule has 21 heavy (non-hydrogen) atoms. The Morgan fingerprint density at radius 3 is 2.48 bits per heavy atom. The molecule has 1 aliphatic carbocycles. The van der Waals surface area contributed by atoms with Gasteiger partial charge in [-0.3, -0.25) is 0 Å². The van der Waals surface area contributed by atoms with Gasteiger partial charge in [-0.1, -0.05) is 29.8 Å². The highest BCUT2D eigenvalue weighted by Crippen LogP contribution is 2.27. The number of nitrogens with two attached hydrogens (primary N) is 1. The summed E-state index contributed by atoms with van der Waals surface area (Å²) in [6.07, 6.45) is 4.69. The maximum Gasteiger partial charge on any atom is 0.315 e. The molecule has 0 heterocycles. The van der Waals surface area contributed by atoms with Crippen molar-refractivity contribution in [1.82, 2.24) is 10.6 Å². The van der Waals surface area contributed by atoms with Crippen molar-refractivity contribution in [2.75, 3.05) is 13.1 Å². The lowest BCUT2D eigenvalue weighted by Crippen LogP contribution is -2.39. The molecule has 0 unspecified atom stereocenters. The van der Waals surface area contributed by atoms with Crippen LogP contribution < -0.4 is 16.4 Å². The van der Waals surface area contributed by atoms with Crippen LogP contribution in [0.2, 0.25) is 5.02 Å². The predicted octanol–water partition coefficient (Wildman–Crippen LogP) is 2.90. The van der Waals surface area contributed by atoms with E-state index in [4.69, 9.17) is 17.3 Å². The number of rotatable bonds is 5. The van der Waals surface area contributed by atoms with Crippen molar-refractivity contribution in [3.05, 3.63) is 34.9 Å². The summed E-state index contributed by atoms with van der Waals surface area (Å²) in [5.74, 6) is 1.26. The van der Waals surface area contributed by atoms with Crippen LogP contribution in [0.1, 0.15) is 31.2 Å². The first-order valence-corrected chi connectivity index (χ1v) is 8.02. The Balaban J connectivity index is 1.65. The van der Waals surface area contributed by atoms with E-state index < -0.39 is 0 Å². The van der Waals surface area contributed by atoms with Crippen molar-refractivity contribution >= 4 is 17.6 Å². The Morgan fingerprint density at radius 1 is 1.14 bits per heavy atom. The number of benzene rings is 1. The van der Waals surface area contributed by atoms with E-state index in [0.717, 1.165) is 31.5 Å². The van der Waals surface area contributed by atoms with Gasteiger partial charge in [-0.25, -0.2) is 4.79 Å². The molecule has 1 fully saturated rings. The summed E-state index contributed by atoms with van der Waals surface area (Å²) >= 11 is 6.05. The minimum absolute atomic E-state index is 0.129. The van der Waals surface area contributed by atoms with E-state index in [0.29, 0.717) is 23.4 Å². The molecule has 1 aromatic rings. The number of halogens is 1. The van der Waals surface area contributed by atoms with E-state index in [1.54, 1.807) is 0 Å². The van der Waals surface area contributed by atoms with E-state index in [2.05, 4.69) is 10.6 Å². The third kappa shape index (κ3) is 5.21. The van der Waals surface area contributed by atoms with Gasteiger partial charge in [-0.05, 0) is 55.7 Å². The first kappa shape index (κ1) is 16.1. The summed E-state index contributed by atoms with van der Waals surface area (Å²) < 4.78 is 0. The van der Waals surface area contributed by atoms with Crippen molar-refractivity contribution in [3.63, 3.8) is 0 Å². The number of nitrogens with one attached hydrogen (secondary N) is 2. The average Bonchev–Trinajstić information content (AvgIpc) is 2.52. The number of hydrogen-bond donors (Lipinski definition) is 3. The molecule has 4 nitrogen and oxygen atoms in total. The van der Waals surface area contributed by atoms with E-state index >= 15 is 0 Å². The van der Waals surface area contributed by atoms with Crippen LogP contribution in [0.25, 0.3) is 0 Å². The SMILES string of the molecule is NCC1CCC(CNC(=O)NCc2ccccc2Cl)CC1. The minimum atomic E-state index is -0.129. The molecule has 4 N–H and O–H groups in total. The third-order valence-electron chi connectivity index (χ3n) is 4.25. The zero-order valence-corrected chi connectivity index (χ0v) is 13.0. The predicted molar refractivity (Wildman–Crippen MR) is 86.2 cm³/mol. The maximum absolute atomic E-state index is 11.8. The summed E-state index contributed by atoms with van der Waals surface area (Å²) in [6.45, 7) is 1.98. The standard InChI is InChI=1S/C16H24ClN3O/c17-15-4-2-1-3-14(15)11-20-16(21)19-10-13-7-5-12(9-18)6-8-13/h1-4,12-13H,5-11,18H2,(H2,19,20,21). The van der Waals surface area contributed by atoms with Gasteiger partial charge in [0.05, 0.1) is 0 Å². The van der Waals surface area contributed by atoms with Crippen LogP contribution in [0.15, 0.2) is 24.3 Å². The van der Waals surface area contributed by atoms with E-state index in [1.807, 2.05) is 24.3 Å². The Labute approximate surface area is 131 Å². The summed E-state index contributed by atoms with van der Waals surface area (Å²) in [5, 5.41) is 6.47. The highest BCUT2D eigenvalue weighted by atomic mass is 35.5. The highest BCUT2D eigenvalue weighted by Gasteiger charge is 2.20. The van der Waals surface area contributed by atoms with Crippen LogP contribution in [0.3, 0.4) is 0 Å². The molecule has 5 heteroatoms. The average molecular weight is 310 g/mol. The van der Waals surface area contributed by atoms with Crippen molar-refractivity contribution < 1.29 is 4.79 Å². The molecule has 2 rings (SSSR count). The van der Waals surface area contributed by atoms with Gasteiger partial charge in [0.25, 0.3) is 0 Å². The Morgan fingerprint density at radius 2 is 1.81 bits per heavy atom. The van der Waals surface area contributed by atoms with Crippen LogP contribution in [0.5, 0.6) is 0 Å². The molecule has 0 aliphatic heterocycles. The van der Waals surface area contributed by atoms with Crippen molar-refractivity contribution in [2.24, 2.45) is 17.6 Å². The summed E-state index contributed by atoms with van der Waals surface area (Å²) in [6, 6.07) is 7.40. The third-order valence-corrected chi connectivity index (χ3v) is 4.62. The van der Waals surface area contributed by atoms with Crippen molar-refractivity contribution in [2.45, 2.75) is 32.2 Å². The number of amides is 2. The zero-order valence-electron chi connectivity index (χ0n) is 12.3. The van der Waals surface area contributed by atoms with Crippen LogP contribution in [-0.4, -0.2) is 19.1 Å². The fourth-order valence-corrected chi connectivity index (χ4v) is 2.99. The quantitative estimate of drug-likeness (QED) is 0.783. The first-order valence-electron chi connectivity index (χ1n) is 7.64. The van der Waals surface area contributed by atoms with Gasteiger partial charge in [0.15, 0.2) is 0 Å². The van der Waals surface area contributed by atoms with Crippen molar-refractivity contribution in [3.8, 4) is 0 Å². The van der Waals surface area contributed by atoms with Crippen LogP contribution in [0, 0.1) is 11.8 Å². The second kappa shape index (κ2) is 8.25. The maximum atomic E-state index is 11.8.